The number of rotatable bonds is 6. The standard InChI is InChI=1S/C24H26N2O6/c1-2-20(22(28)26-12-14(27)11-21(26)23(29)30)25-24(31)32-13-19-17-9-5-3-7-15(17)16-8-4-6-10-18(16)19/h3-10,14,19-21,27H,2,11-13H2,1H3,(H,25,31)(H,29,30)/t14?,20?,21-/m0/s1. The highest BCUT2D eigenvalue weighted by Crippen LogP contribution is 2.44. The number of aliphatic hydroxyl groups is 1. The molecule has 0 aromatic heterocycles. The Balaban J connectivity index is 1.41. The summed E-state index contributed by atoms with van der Waals surface area (Å²) >= 11 is 0. The van der Waals surface area contributed by atoms with Gasteiger partial charge in [0.05, 0.1) is 6.10 Å². The Morgan fingerprint density at radius 1 is 1.09 bits per heavy atom. The van der Waals surface area contributed by atoms with Crippen LogP contribution in [0.15, 0.2) is 48.5 Å². The van der Waals surface area contributed by atoms with Crippen LogP contribution < -0.4 is 5.32 Å². The van der Waals surface area contributed by atoms with Gasteiger partial charge >= 0.3 is 12.1 Å². The second-order valence-corrected chi connectivity index (χ2v) is 8.16. The number of carboxylic acids is 1. The molecule has 0 bridgehead atoms. The molecule has 2 unspecified atom stereocenters. The quantitative estimate of drug-likeness (QED) is 0.638. The van der Waals surface area contributed by atoms with Gasteiger partial charge in [0.1, 0.15) is 18.7 Å². The maximum Gasteiger partial charge on any atom is 0.407 e. The average Bonchev–Trinajstić information content (AvgIpc) is 3.34. The third kappa shape index (κ3) is 4.05. The summed E-state index contributed by atoms with van der Waals surface area (Å²) in [6, 6.07) is 13.9. The molecule has 1 saturated heterocycles. The smallest absolute Gasteiger partial charge is 0.407 e. The van der Waals surface area contributed by atoms with Gasteiger partial charge in [0, 0.05) is 18.9 Å². The largest absolute Gasteiger partial charge is 0.480 e. The van der Waals surface area contributed by atoms with Gasteiger partial charge in [-0.1, -0.05) is 55.5 Å². The molecule has 0 spiro atoms. The van der Waals surface area contributed by atoms with E-state index in [4.69, 9.17) is 4.74 Å². The molecule has 8 heteroatoms. The summed E-state index contributed by atoms with van der Waals surface area (Å²) in [5, 5.41) is 21.7. The number of hydrogen-bond donors (Lipinski definition) is 3. The molecular formula is C24H26N2O6. The van der Waals surface area contributed by atoms with E-state index in [1.807, 2.05) is 48.5 Å². The Morgan fingerprint density at radius 3 is 2.25 bits per heavy atom. The highest BCUT2D eigenvalue weighted by molar-refractivity contribution is 5.90. The van der Waals surface area contributed by atoms with E-state index in [-0.39, 0.29) is 31.9 Å². The van der Waals surface area contributed by atoms with Crippen LogP contribution in [0.1, 0.15) is 36.8 Å². The normalized spacial score (nSPS) is 20.4. The molecular weight excluding hydrogens is 412 g/mol. The minimum Gasteiger partial charge on any atom is -0.480 e. The van der Waals surface area contributed by atoms with Crippen molar-refractivity contribution in [1.29, 1.82) is 0 Å². The first-order chi connectivity index (χ1) is 15.4. The van der Waals surface area contributed by atoms with Crippen molar-refractivity contribution >= 4 is 18.0 Å². The molecule has 0 radical (unpaired) electrons. The van der Waals surface area contributed by atoms with E-state index in [1.165, 1.54) is 0 Å². The molecule has 8 nitrogen and oxygen atoms in total. The number of aliphatic carboxylic acids is 1. The molecule has 2 aromatic rings. The average molecular weight is 438 g/mol. The summed E-state index contributed by atoms with van der Waals surface area (Å²) in [6.45, 7) is 1.76. The monoisotopic (exact) mass is 438 g/mol. The minimum atomic E-state index is -1.18. The summed E-state index contributed by atoms with van der Waals surface area (Å²) in [5.41, 5.74) is 4.40. The Bertz CT molecular complexity index is 993. The van der Waals surface area contributed by atoms with E-state index in [0.29, 0.717) is 0 Å². The lowest BCUT2D eigenvalue weighted by molar-refractivity contribution is -0.149. The molecule has 1 aliphatic heterocycles. The number of β-amino-alcohol motifs (C(OH)–C–C–N with tert-alkyl or cyclic N) is 1. The number of hydrogen-bond acceptors (Lipinski definition) is 5. The van der Waals surface area contributed by atoms with E-state index >= 15 is 0 Å². The summed E-state index contributed by atoms with van der Waals surface area (Å²) in [5.74, 6) is -1.81. The van der Waals surface area contributed by atoms with Crippen molar-refractivity contribution in [3.05, 3.63) is 59.7 Å². The van der Waals surface area contributed by atoms with Crippen molar-refractivity contribution in [1.82, 2.24) is 10.2 Å². The van der Waals surface area contributed by atoms with Gasteiger partial charge in [-0.3, -0.25) is 4.79 Å². The number of fused-ring (bicyclic) bond motifs is 3. The maximum absolute atomic E-state index is 12.8. The summed E-state index contributed by atoms with van der Waals surface area (Å²) in [6.07, 6.45) is -1.39. The van der Waals surface area contributed by atoms with Gasteiger partial charge < -0.3 is 25.2 Å². The van der Waals surface area contributed by atoms with E-state index in [9.17, 15) is 24.6 Å². The zero-order chi connectivity index (χ0) is 22.8. The molecule has 2 aliphatic rings. The van der Waals surface area contributed by atoms with Gasteiger partial charge in [-0.15, -0.1) is 0 Å². The summed E-state index contributed by atoms with van der Waals surface area (Å²) < 4.78 is 5.49. The number of benzene rings is 2. The van der Waals surface area contributed by atoms with Crippen molar-refractivity contribution in [2.75, 3.05) is 13.2 Å². The number of amides is 2. The van der Waals surface area contributed by atoms with Gasteiger partial charge in [0.15, 0.2) is 0 Å². The van der Waals surface area contributed by atoms with Gasteiger partial charge in [-0.05, 0) is 28.7 Å². The van der Waals surface area contributed by atoms with Crippen molar-refractivity contribution in [2.45, 2.75) is 43.9 Å². The second kappa shape index (κ2) is 9.00. The molecule has 2 aromatic carbocycles. The predicted molar refractivity (Wildman–Crippen MR) is 116 cm³/mol. The molecule has 1 aliphatic carbocycles. The number of alkyl carbamates (subject to hydrolysis) is 1. The second-order valence-electron chi connectivity index (χ2n) is 8.16. The predicted octanol–water partition coefficient (Wildman–Crippen LogP) is 2.35. The molecule has 168 valence electrons. The minimum absolute atomic E-state index is 0.0253. The molecule has 2 amide bonds. The third-order valence-corrected chi connectivity index (χ3v) is 6.19. The van der Waals surface area contributed by atoms with E-state index in [1.54, 1.807) is 6.92 Å². The fraction of sp³-hybridized carbons (Fsp3) is 0.375. The molecule has 32 heavy (non-hydrogen) atoms. The number of carbonyl (C=O) groups excluding carboxylic acids is 2. The fourth-order valence-corrected chi connectivity index (χ4v) is 4.61. The van der Waals surface area contributed by atoms with Crippen LogP contribution in [0.5, 0.6) is 0 Å². The molecule has 3 N–H and O–H groups in total. The molecule has 4 rings (SSSR count). The first kappa shape index (κ1) is 21.8. The van der Waals surface area contributed by atoms with Crippen LogP contribution in [0.3, 0.4) is 0 Å². The Kier molecular flexibility index (Phi) is 6.14. The van der Waals surface area contributed by atoms with Crippen LogP contribution in [0, 0.1) is 0 Å². The topological polar surface area (TPSA) is 116 Å². The molecule has 1 heterocycles. The number of carbonyl (C=O) groups is 3. The number of aliphatic hydroxyl groups excluding tert-OH is 1. The zero-order valence-corrected chi connectivity index (χ0v) is 17.7. The highest BCUT2D eigenvalue weighted by Gasteiger charge is 2.41. The summed E-state index contributed by atoms with van der Waals surface area (Å²) in [4.78, 5) is 37.9. The van der Waals surface area contributed by atoms with Gasteiger partial charge in [0.2, 0.25) is 5.91 Å². The maximum atomic E-state index is 12.8. The van der Waals surface area contributed by atoms with Crippen LogP contribution >= 0.6 is 0 Å². The van der Waals surface area contributed by atoms with Crippen LogP contribution in [0.4, 0.5) is 4.79 Å². The number of carboxylic acid groups (broad SMARTS) is 1. The Hall–Kier alpha value is -3.39. The van der Waals surface area contributed by atoms with Crippen LogP contribution in [0.2, 0.25) is 0 Å². The first-order valence-electron chi connectivity index (χ1n) is 10.7. The molecule has 0 saturated carbocycles. The Labute approximate surface area is 185 Å². The van der Waals surface area contributed by atoms with Gasteiger partial charge in [0.25, 0.3) is 0 Å². The van der Waals surface area contributed by atoms with Crippen LogP contribution in [-0.4, -0.2) is 64.4 Å². The lowest BCUT2D eigenvalue weighted by Crippen LogP contribution is -2.51. The Morgan fingerprint density at radius 2 is 1.69 bits per heavy atom. The van der Waals surface area contributed by atoms with Crippen molar-refractivity contribution in [3.63, 3.8) is 0 Å². The number of likely N-dealkylation sites (tertiary alicyclic amines) is 1. The van der Waals surface area contributed by atoms with Crippen LogP contribution in [-0.2, 0) is 14.3 Å². The number of nitrogens with zero attached hydrogens (tertiary/aromatic N) is 1. The third-order valence-electron chi connectivity index (χ3n) is 6.19. The van der Waals surface area contributed by atoms with E-state index in [0.717, 1.165) is 27.2 Å². The zero-order valence-electron chi connectivity index (χ0n) is 17.7. The van der Waals surface area contributed by atoms with Crippen molar-refractivity contribution in [3.8, 4) is 11.1 Å². The van der Waals surface area contributed by atoms with Gasteiger partial charge in [-0.2, -0.15) is 0 Å². The molecule has 1 fully saturated rings. The SMILES string of the molecule is CCC(NC(=O)OCC1c2ccccc2-c2ccccc21)C(=O)N1CC(O)C[C@H]1C(=O)O. The highest BCUT2D eigenvalue weighted by atomic mass is 16.5. The van der Waals surface area contributed by atoms with E-state index in [2.05, 4.69) is 5.32 Å². The lowest BCUT2D eigenvalue weighted by atomic mass is 9.98. The number of nitrogens with one attached hydrogen (secondary N) is 1. The first-order valence-corrected chi connectivity index (χ1v) is 10.7. The van der Waals surface area contributed by atoms with Gasteiger partial charge in [-0.25, -0.2) is 9.59 Å². The van der Waals surface area contributed by atoms with E-state index < -0.39 is 36.2 Å². The van der Waals surface area contributed by atoms with Crippen molar-refractivity contribution < 1.29 is 29.3 Å². The lowest BCUT2D eigenvalue weighted by Gasteiger charge is -2.26. The molecule has 3 atom stereocenters. The summed E-state index contributed by atoms with van der Waals surface area (Å²) in [7, 11) is 0. The number of ether oxygens (including phenoxy) is 1. The van der Waals surface area contributed by atoms with Crippen LogP contribution in [0.25, 0.3) is 11.1 Å². The fourth-order valence-electron chi connectivity index (χ4n) is 4.61. The van der Waals surface area contributed by atoms with Crippen molar-refractivity contribution in [2.24, 2.45) is 0 Å².